The number of nitrogens with one attached hydrogen (secondary N) is 1. The van der Waals surface area contributed by atoms with Gasteiger partial charge in [-0.15, -0.1) is 0 Å². The van der Waals surface area contributed by atoms with Crippen LogP contribution in [-0.4, -0.2) is 15.1 Å². The molecule has 0 aliphatic heterocycles. The molecule has 0 amide bonds. The summed E-state index contributed by atoms with van der Waals surface area (Å²) in [4.78, 5) is 17.7. The first kappa shape index (κ1) is 12.3. The van der Waals surface area contributed by atoms with Crippen LogP contribution >= 0.6 is 0 Å². The van der Waals surface area contributed by atoms with Crippen molar-refractivity contribution in [2.75, 3.05) is 0 Å². The lowest BCUT2D eigenvalue weighted by molar-refractivity contribution is 0.266. The van der Waals surface area contributed by atoms with E-state index in [1.54, 1.807) is 0 Å². The van der Waals surface area contributed by atoms with Gasteiger partial charge in [0.05, 0.1) is 5.69 Å². The quantitative estimate of drug-likeness (QED) is 0.848. The zero-order valence-electron chi connectivity index (χ0n) is 10.0. The number of aliphatic hydroxyl groups excluding tert-OH is 1. The molecule has 1 heterocycles. The van der Waals surface area contributed by atoms with E-state index in [1.807, 2.05) is 31.2 Å². The highest BCUT2D eigenvalue weighted by Crippen LogP contribution is 2.12. The van der Waals surface area contributed by atoms with E-state index < -0.39 is 0 Å². The monoisotopic (exact) mass is 246 g/mol. The smallest absolute Gasteiger partial charge is 0.251 e. The van der Waals surface area contributed by atoms with Crippen LogP contribution in [0, 0.1) is 6.92 Å². The van der Waals surface area contributed by atoms with E-state index in [-0.39, 0.29) is 24.6 Å². The van der Waals surface area contributed by atoms with Crippen LogP contribution < -0.4 is 10.3 Å². The van der Waals surface area contributed by atoms with Gasteiger partial charge in [0.25, 0.3) is 5.56 Å². The number of H-pyrrole nitrogens is 1. The van der Waals surface area contributed by atoms with Crippen LogP contribution in [0.4, 0.5) is 0 Å². The largest absolute Gasteiger partial charge is 0.487 e. The van der Waals surface area contributed by atoms with E-state index in [1.165, 1.54) is 6.07 Å². The number of ether oxygens (including phenoxy) is 1. The Morgan fingerprint density at radius 1 is 1.33 bits per heavy atom. The van der Waals surface area contributed by atoms with E-state index in [0.29, 0.717) is 11.4 Å². The van der Waals surface area contributed by atoms with E-state index in [9.17, 15) is 4.79 Å². The number of rotatable bonds is 4. The van der Waals surface area contributed by atoms with Crippen molar-refractivity contribution in [3.05, 3.63) is 57.8 Å². The molecule has 1 aromatic carbocycles. The first-order valence-corrected chi connectivity index (χ1v) is 5.57. The van der Waals surface area contributed by atoms with Crippen LogP contribution in [0.1, 0.15) is 17.1 Å². The van der Waals surface area contributed by atoms with Gasteiger partial charge in [-0.1, -0.05) is 17.7 Å². The van der Waals surface area contributed by atoms with Gasteiger partial charge in [-0.25, -0.2) is 4.98 Å². The number of hydrogen-bond donors (Lipinski definition) is 2. The molecule has 0 unspecified atom stereocenters. The Morgan fingerprint density at radius 2 is 2.06 bits per heavy atom. The molecule has 0 atom stereocenters. The standard InChI is InChI=1S/C13H14N2O3/c1-9-2-4-11(5-3-9)18-8-10-6-13(17)15-12(7-16)14-10/h2-6,16H,7-8H2,1H3,(H,14,15,17). The van der Waals surface area contributed by atoms with Gasteiger partial charge < -0.3 is 14.8 Å². The van der Waals surface area contributed by atoms with Crippen LogP contribution in [0.5, 0.6) is 5.75 Å². The summed E-state index contributed by atoms with van der Waals surface area (Å²) in [6.45, 7) is 1.89. The number of aliphatic hydroxyl groups is 1. The highest BCUT2D eigenvalue weighted by Gasteiger charge is 2.01. The fourth-order valence-corrected chi connectivity index (χ4v) is 1.50. The first-order valence-electron chi connectivity index (χ1n) is 5.57. The Morgan fingerprint density at radius 3 is 2.72 bits per heavy atom. The molecular weight excluding hydrogens is 232 g/mol. The fourth-order valence-electron chi connectivity index (χ4n) is 1.50. The molecule has 5 nitrogen and oxygen atoms in total. The summed E-state index contributed by atoms with van der Waals surface area (Å²) in [6.07, 6.45) is 0. The van der Waals surface area contributed by atoms with Crippen molar-refractivity contribution >= 4 is 0 Å². The van der Waals surface area contributed by atoms with E-state index in [0.717, 1.165) is 5.56 Å². The maximum absolute atomic E-state index is 11.3. The highest BCUT2D eigenvalue weighted by atomic mass is 16.5. The van der Waals surface area contributed by atoms with Crippen LogP contribution in [0.15, 0.2) is 35.1 Å². The predicted octanol–water partition coefficient (Wildman–Crippen LogP) is 1.15. The summed E-state index contributed by atoms with van der Waals surface area (Å²) in [5, 5.41) is 8.93. The van der Waals surface area contributed by atoms with Crippen molar-refractivity contribution in [3.63, 3.8) is 0 Å². The maximum atomic E-state index is 11.3. The van der Waals surface area contributed by atoms with Crippen LogP contribution in [-0.2, 0) is 13.2 Å². The van der Waals surface area contributed by atoms with Crippen LogP contribution in [0.25, 0.3) is 0 Å². The number of aromatic nitrogens is 2. The molecule has 0 fully saturated rings. The molecule has 2 aromatic rings. The van der Waals surface area contributed by atoms with Gasteiger partial charge in [-0.2, -0.15) is 0 Å². The fraction of sp³-hybridized carbons (Fsp3) is 0.231. The van der Waals surface area contributed by atoms with E-state index >= 15 is 0 Å². The Bertz CT molecular complexity index is 576. The minimum absolute atomic E-state index is 0.194. The molecular formula is C13H14N2O3. The summed E-state index contributed by atoms with van der Waals surface area (Å²) in [5.74, 6) is 0.957. The lowest BCUT2D eigenvalue weighted by Crippen LogP contribution is -2.14. The second-order valence-electron chi connectivity index (χ2n) is 3.94. The predicted molar refractivity (Wildman–Crippen MR) is 66.3 cm³/mol. The molecule has 1 aromatic heterocycles. The number of nitrogens with zero attached hydrogens (tertiary/aromatic N) is 1. The van der Waals surface area contributed by atoms with Gasteiger partial charge in [0, 0.05) is 6.07 Å². The summed E-state index contributed by atoms with van der Waals surface area (Å²) in [6, 6.07) is 8.96. The molecule has 2 rings (SSSR count). The zero-order valence-corrected chi connectivity index (χ0v) is 10.0. The van der Waals surface area contributed by atoms with Gasteiger partial charge in [0.2, 0.25) is 0 Å². The zero-order chi connectivity index (χ0) is 13.0. The molecule has 0 bridgehead atoms. The molecule has 94 valence electrons. The van der Waals surface area contributed by atoms with Crippen molar-refractivity contribution < 1.29 is 9.84 Å². The van der Waals surface area contributed by atoms with Gasteiger partial charge in [0.1, 0.15) is 24.8 Å². The lowest BCUT2D eigenvalue weighted by Gasteiger charge is -2.06. The molecule has 5 heteroatoms. The summed E-state index contributed by atoms with van der Waals surface area (Å²) in [7, 11) is 0. The van der Waals surface area contributed by atoms with Crippen LogP contribution in [0.3, 0.4) is 0 Å². The Balaban J connectivity index is 2.08. The second kappa shape index (κ2) is 5.46. The molecule has 0 aliphatic carbocycles. The topological polar surface area (TPSA) is 75.2 Å². The molecule has 2 N–H and O–H groups in total. The van der Waals surface area contributed by atoms with Crippen molar-refractivity contribution in [3.8, 4) is 5.75 Å². The molecule has 0 radical (unpaired) electrons. The average molecular weight is 246 g/mol. The van der Waals surface area contributed by atoms with Crippen molar-refractivity contribution in [2.24, 2.45) is 0 Å². The van der Waals surface area contributed by atoms with Gasteiger partial charge in [-0.3, -0.25) is 4.79 Å². The number of benzene rings is 1. The minimum atomic E-state index is -0.298. The first-order chi connectivity index (χ1) is 8.67. The summed E-state index contributed by atoms with van der Waals surface area (Å²) in [5.41, 5.74) is 1.35. The molecule has 0 aliphatic rings. The van der Waals surface area contributed by atoms with Gasteiger partial charge >= 0.3 is 0 Å². The molecule has 0 saturated carbocycles. The Labute approximate surface area is 104 Å². The lowest BCUT2D eigenvalue weighted by atomic mass is 10.2. The minimum Gasteiger partial charge on any atom is -0.487 e. The average Bonchev–Trinajstić information content (AvgIpc) is 2.37. The third-order valence-electron chi connectivity index (χ3n) is 2.40. The van der Waals surface area contributed by atoms with Gasteiger partial charge in [-0.05, 0) is 19.1 Å². The van der Waals surface area contributed by atoms with E-state index in [4.69, 9.17) is 9.84 Å². The van der Waals surface area contributed by atoms with Crippen molar-refractivity contribution in [2.45, 2.75) is 20.1 Å². The number of hydrogen-bond acceptors (Lipinski definition) is 4. The van der Waals surface area contributed by atoms with Gasteiger partial charge in [0.15, 0.2) is 0 Å². The molecule has 0 saturated heterocycles. The Hall–Kier alpha value is -2.14. The highest BCUT2D eigenvalue weighted by molar-refractivity contribution is 5.26. The molecule has 0 spiro atoms. The Kier molecular flexibility index (Phi) is 3.74. The summed E-state index contributed by atoms with van der Waals surface area (Å²) < 4.78 is 5.50. The maximum Gasteiger partial charge on any atom is 0.251 e. The third kappa shape index (κ3) is 3.18. The van der Waals surface area contributed by atoms with Crippen molar-refractivity contribution in [1.29, 1.82) is 0 Å². The third-order valence-corrected chi connectivity index (χ3v) is 2.40. The van der Waals surface area contributed by atoms with Crippen LogP contribution in [0.2, 0.25) is 0 Å². The summed E-state index contributed by atoms with van der Waals surface area (Å²) >= 11 is 0. The SMILES string of the molecule is Cc1ccc(OCc2cc(=O)[nH]c(CO)n2)cc1. The normalized spacial score (nSPS) is 10.3. The van der Waals surface area contributed by atoms with E-state index in [2.05, 4.69) is 9.97 Å². The number of aryl methyl sites for hydroxylation is 1. The molecule has 18 heavy (non-hydrogen) atoms. The second-order valence-corrected chi connectivity index (χ2v) is 3.94. The number of aromatic amines is 1. The van der Waals surface area contributed by atoms with Crippen molar-refractivity contribution in [1.82, 2.24) is 9.97 Å².